The maximum absolute atomic E-state index is 5.78. The van der Waals surface area contributed by atoms with Gasteiger partial charge in [0.15, 0.2) is 5.82 Å². The third-order valence-corrected chi connectivity index (χ3v) is 2.28. The molecule has 0 atom stereocenters. The molecule has 0 spiro atoms. The minimum Gasteiger partial charge on any atom is -0.373 e. The largest absolute Gasteiger partial charge is 0.373 e. The van der Waals surface area contributed by atoms with Gasteiger partial charge in [0.25, 0.3) is 0 Å². The van der Waals surface area contributed by atoms with Gasteiger partial charge in [-0.2, -0.15) is 0 Å². The van der Waals surface area contributed by atoms with Crippen LogP contribution in [0.3, 0.4) is 0 Å². The molecule has 3 nitrogen and oxygen atoms in total. The van der Waals surface area contributed by atoms with Gasteiger partial charge in [0.05, 0.1) is 0 Å². The fourth-order valence-electron chi connectivity index (χ4n) is 0.973. The van der Waals surface area contributed by atoms with E-state index in [0.29, 0.717) is 24.2 Å². The van der Waals surface area contributed by atoms with Crippen molar-refractivity contribution in [1.82, 2.24) is 9.97 Å². The van der Waals surface area contributed by atoms with E-state index in [4.69, 9.17) is 16.3 Å². The van der Waals surface area contributed by atoms with Crippen LogP contribution < -0.4 is 0 Å². The van der Waals surface area contributed by atoms with E-state index in [1.165, 1.54) is 0 Å². The number of ether oxygens (including phenoxy) is 1. The first-order chi connectivity index (χ1) is 6.72. The second kappa shape index (κ2) is 6.32. The molecule has 0 saturated heterocycles. The van der Waals surface area contributed by atoms with E-state index in [1.807, 2.05) is 6.92 Å². The van der Waals surface area contributed by atoms with Crippen molar-refractivity contribution in [3.63, 3.8) is 0 Å². The van der Waals surface area contributed by atoms with Crippen LogP contribution in [0.5, 0.6) is 0 Å². The van der Waals surface area contributed by atoms with Crippen molar-refractivity contribution in [3.8, 4) is 0 Å². The van der Waals surface area contributed by atoms with Gasteiger partial charge in [-0.15, -0.1) is 0 Å². The highest BCUT2D eigenvalue weighted by atomic mass is 79.9. The summed E-state index contributed by atoms with van der Waals surface area (Å²) in [5.41, 5.74) is 0.865. The lowest BCUT2D eigenvalue weighted by Gasteiger charge is -2.03. The number of aryl methyl sites for hydroxylation is 1. The summed E-state index contributed by atoms with van der Waals surface area (Å²) < 4.78 is 5.36. The van der Waals surface area contributed by atoms with Crippen LogP contribution in [-0.2, 0) is 11.3 Å². The van der Waals surface area contributed by atoms with Crippen LogP contribution in [0.4, 0.5) is 0 Å². The Balaban J connectivity index is 2.42. The van der Waals surface area contributed by atoms with Crippen LogP contribution in [0.1, 0.15) is 17.9 Å². The van der Waals surface area contributed by atoms with Crippen molar-refractivity contribution < 1.29 is 4.74 Å². The first kappa shape index (κ1) is 11.9. The fourth-order valence-corrected chi connectivity index (χ4v) is 1.46. The van der Waals surface area contributed by atoms with E-state index >= 15 is 0 Å². The Kier molecular flexibility index (Phi) is 5.37. The maximum Gasteiger partial charge on any atom is 0.155 e. The molecule has 78 valence electrons. The number of halogens is 2. The minimum absolute atomic E-state index is 0.425. The van der Waals surface area contributed by atoms with E-state index in [-0.39, 0.29) is 0 Å². The molecule has 0 amide bonds. The summed E-state index contributed by atoms with van der Waals surface area (Å²) >= 11 is 9.10. The number of hydrogen-bond donors (Lipinski definition) is 0. The van der Waals surface area contributed by atoms with Gasteiger partial charge >= 0.3 is 0 Å². The molecule has 0 aliphatic carbocycles. The molecule has 1 aromatic heterocycles. The lowest BCUT2D eigenvalue weighted by atomic mass is 10.4. The zero-order valence-electron chi connectivity index (χ0n) is 7.96. The molecule has 0 aromatic carbocycles. The van der Waals surface area contributed by atoms with Crippen molar-refractivity contribution in [2.75, 3.05) is 11.9 Å². The molecule has 0 radical (unpaired) electrons. The molecule has 0 unspecified atom stereocenters. The first-order valence-electron chi connectivity index (χ1n) is 4.36. The summed E-state index contributed by atoms with van der Waals surface area (Å²) in [7, 11) is 0. The number of nitrogens with zero attached hydrogens (tertiary/aromatic N) is 2. The van der Waals surface area contributed by atoms with Gasteiger partial charge in [0, 0.05) is 17.6 Å². The van der Waals surface area contributed by atoms with Gasteiger partial charge < -0.3 is 4.74 Å². The van der Waals surface area contributed by atoms with E-state index in [2.05, 4.69) is 25.9 Å². The molecule has 1 rings (SSSR count). The highest BCUT2D eigenvalue weighted by Crippen LogP contribution is 2.07. The fraction of sp³-hybridized carbons (Fsp3) is 0.556. The molecule has 14 heavy (non-hydrogen) atoms. The molecule has 0 aliphatic rings. The predicted octanol–water partition coefficient (Wildman–Crippen LogP) is 2.74. The lowest BCUT2D eigenvalue weighted by molar-refractivity contribution is 0.116. The molecule has 5 heteroatoms. The van der Waals surface area contributed by atoms with Crippen molar-refractivity contribution in [2.45, 2.75) is 20.0 Å². The SMILES string of the molecule is Cc1cc(Cl)nc(COCCCBr)n1. The van der Waals surface area contributed by atoms with Gasteiger partial charge in [-0.05, 0) is 19.4 Å². The standard InChI is InChI=1S/C9H12BrClN2O/c1-7-5-8(11)13-9(12-7)6-14-4-2-3-10/h5H,2-4,6H2,1H3. The summed E-state index contributed by atoms with van der Waals surface area (Å²) in [5.74, 6) is 0.643. The van der Waals surface area contributed by atoms with Crippen LogP contribution in [0.2, 0.25) is 5.15 Å². The number of aromatic nitrogens is 2. The van der Waals surface area contributed by atoms with Crippen LogP contribution >= 0.6 is 27.5 Å². The van der Waals surface area contributed by atoms with Crippen molar-refractivity contribution in [1.29, 1.82) is 0 Å². The second-order valence-corrected chi connectivity index (χ2v) is 4.02. The lowest BCUT2D eigenvalue weighted by Crippen LogP contribution is -2.02. The van der Waals surface area contributed by atoms with Crippen LogP contribution in [-0.4, -0.2) is 21.9 Å². The Labute approximate surface area is 97.0 Å². The van der Waals surface area contributed by atoms with E-state index < -0.39 is 0 Å². The number of alkyl halides is 1. The highest BCUT2D eigenvalue weighted by Gasteiger charge is 2.00. The monoisotopic (exact) mass is 278 g/mol. The molecule has 1 heterocycles. The summed E-state index contributed by atoms with van der Waals surface area (Å²) in [6.45, 7) is 3.02. The zero-order valence-corrected chi connectivity index (χ0v) is 10.3. The van der Waals surface area contributed by atoms with Gasteiger partial charge in [0.2, 0.25) is 0 Å². The molecule has 0 bridgehead atoms. The summed E-state index contributed by atoms with van der Waals surface area (Å²) in [5, 5.41) is 1.42. The van der Waals surface area contributed by atoms with Gasteiger partial charge in [-0.1, -0.05) is 27.5 Å². The third kappa shape index (κ3) is 4.35. The van der Waals surface area contributed by atoms with Crippen molar-refractivity contribution in [3.05, 3.63) is 22.7 Å². The average molecular weight is 280 g/mol. The number of hydrogen-bond acceptors (Lipinski definition) is 3. The Morgan fingerprint density at radius 1 is 1.50 bits per heavy atom. The van der Waals surface area contributed by atoms with Gasteiger partial charge in [-0.3, -0.25) is 0 Å². The Hall–Kier alpha value is -0.190. The zero-order chi connectivity index (χ0) is 10.4. The van der Waals surface area contributed by atoms with Gasteiger partial charge in [0.1, 0.15) is 11.8 Å². The molecule has 0 fully saturated rings. The highest BCUT2D eigenvalue weighted by molar-refractivity contribution is 9.09. The molecule has 0 N–H and O–H groups in total. The average Bonchev–Trinajstić information content (AvgIpc) is 2.11. The summed E-state index contributed by atoms with van der Waals surface area (Å²) in [6, 6.07) is 1.73. The Morgan fingerprint density at radius 2 is 2.29 bits per heavy atom. The predicted molar refractivity (Wildman–Crippen MR) is 59.8 cm³/mol. The third-order valence-electron chi connectivity index (χ3n) is 1.52. The smallest absolute Gasteiger partial charge is 0.155 e. The minimum atomic E-state index is 0.425. The second-order valence-electron chi connectivity index (χ2n) is 2.84. The topological polar surface area (TPSA) is 35.0 Å². The van der Waals surface area contributed by atoms with Crippen LogP contribution in [0.25, 0.3) is 0 Å². The maximum atomic E-state index is 5.78. The molecule has 0 aliphatic heterocycles. The summed E-state index contributed by atoms with van der Waals surface area (Å²) in [4.78, 5) is 8.25. The van der Waals surface area contributed by atoms with Crippen LogP contribution in [0.15, 0.2) is 6.07 Å². The normalized spacial score (nSPS) is 10.5. The quantitative estimate of drug-likeness (QED) is 0.472. The molecule has 0 saturated carbocycles. The van der Waals surface area contributed by atoms with Crippen molar-refractivity contribution >= 4 is 27.5 Å². The Bertz CT molecular complexity index is 276. The van der Waals surface area contributed by atoms with Crippen molar-refractivity contribution in [2.24, 2.45) is 0 Å². The number of rotatable bonds is 5. The van der Waals surface area contributed by atoms with Gasteiger partial charge in [-0.25, -0.2) is 9.97 Å². The van der Waals surface area contributed by atoms with E-state index in [0.717, 1.165) is 17.4 Å². The molecular formula is C9H12BrClN2O. The van der Waals surface area contributed by atoms with Crippen LogP contribution in [0, 0.1) is 6.92 Å². The first-order valence-corrected chi connectivity index (χ1v) is 5.86. The van der Waals surface area contributed by atoms with E-state index in [1.54, 1.807) is 6.07 Å². The summed E-state index contributed by atoms with van der Waals surface area (Å²) in [6.07, 6.45) is 0.986. The molecular weight excluding hydrogens is 267 g/mol. The Morgan fingerprint density at radius 3 is 2.93 bits per heavy atom. The molecule has 1 aromatic rings. The van der Waals surface area contributed by atoms with E-state index in [9.17, 15) is 0 Å².